The van der Waals surface area contributed by atoms with E-state index in [-0.39, 0.29) is 17.8 Å². The Hall–Kier alpha value is -1.47. The van der Waals surface area contributed by atoms with E-state index in [0.29, 0.717) is 18.8 Å². The summed E-state index contributed by atoms with van der Waals surface area (Å²) in [7, 11) is 0. The highest BCUT2D eigenvalue weighted by atomic mass is 16.5. The summed E-state index contributed by atoms with van der Waals surface area (Å²) in [5.74, 6) is -1.12. The third kappa shape index (κ3) is 3.79. The van der Waals surface area contributed by atoms with Crippen LogP contribution >= 0.6 is 0 Å². The van der Waals surface area contributed by atoms with Crippen LogP contribution in [-0.2, 0) is 17.8 Å². The molecule has 0 aliphatic carbocycles. The molecule has 1 aromatic rings. The van der Waals surface area contributed by atoms with E-state index in [1.165, 1.54) is 4.68 Å². The van der Waals surface area contributed by atoms with Crippen molar-refractivity contribution in [2.45, 2.75) is 39.5 Å². The smallest absolute Gasteiger partial charge is 0.358 e. The van der Waals surface area contributed by atoms with E-state index < -0.39 is 5.97 Å². The zero-order chi connectivity index (χ0) is 13.1. The lowest BCUT2D eigenvalue weighted by Crippen LogP contribution is -2.23. The van der Waals surface area contributed by atoms with Crippen LogP contribution in [0.3, 0.4) is 0 Å². The van der Waals surface area contributed by atoms with Gasteiger partial charge in [0.05, 0.1) is 24.4 Å². The van der Waals surface area contributed by atoms with Crippen LogP contribution in [0.5, 0.6) is 0 Å². The normalized spacial score (nSPS) is 11.8. The predicted molar refractivity (Wildman–Crippen MR) is 60.6 cm³/mol. The molecule has 0 spiro atoms. The molecular formula is C10H18N4O3. The van der Waals surface area contributed by atoms with Gasteiger partial charge in [0.1, 0.15) is 0 Å². The molecular weight excluding hydrogens is 224 g/mol. The maximum Gasteiger partial charge on any atom is 0.358 e. The van der Waals surface area contributed by atoms with E-state index in [1.807, 2.05) is 20.8 Å². The van der Waals surface area contributed by atoms with Crippen LogP contribution in [0, 0.1) is 0 Å². The molecule has 0 saturated carbocycles. The second-order valence-electron chi connectivity index (χ2n) is 4.58. The van der Waals surface area contributed by atoms with Gasteiger partial charge in [0.25, 0.3) is 0 Å². The Bertz CT molecular complexity index is 395. The van der Waals surface area contributed by atoms with E-state index in [2.05, 4.69) is 10.3 Å². The van der Waals surface area contributed by atoms with Crippen LogP contribution in [0.25, 0.3) is 0 Å². The first-order valence-electron chi connectivity index (χ1n) is 5.35. The van der Waals surface area contributed by atoms with Crippen molar-refractivity contribution in [3.8, 4) is 0 Å². The minimum Gasteiger partial charge on any atom is -0.476 e. The van der Waals surface area contributed by atoms with Crippen LogP contribution in [0.15, 0.2) is 0 Å². The molecule has 0 aromatic carbocycles. The van der Waals surface area contributed by atoms with Crippen molar-refractivity contribution in [2.24, 2.45) is 5.73 Å². The maximum absolute atomic E-state index is 10.8. The quantitative estimate of drug-likeness (QED) is 0.767. The third-order valence-electron chi connectivity index (χ3n) is 2.07. The van der Waals surface area contributed by atoms with Gasteiger partial charge in [-0.15, -0.1) is 5.10 Å². The molecule has 0 fully saturated rings. The fraction of sp³-hybridized carbons (Fsp3) is 0.700. The summed E-state index contributed by atoms with van der Waals surface area (Å²) in [5.41, 5.74) is 5.57. The molecule has 96 valence electrons. The molecule has 0 aliphatic heterocycles. The molecule has 0 atom stereocenters. The number of carboxylic acids is 1. The molecule has 0 radical (unpaired) electrons. The number of hydrogen-bond donors (Lipinski definition) is 2. The second-order valence-corrected chi connectivity index (χ2v) is 4.58. The molecule has 1 heterocycles. The van der Waals surface area contributed by atoms with Crippen molar-refractivity contribution in [2.75, 3.05) is 6.61 Å². The van der Waals surface area contributed by atoms with Crippen molar-refractivity contribution < 1.29 is 14.6 Å². The largest absolute Gasteiger partial charge is 0.476 e. The first-order valence-corrected chi connectivity index (χ1v) is 5.35. The van der Waals surface area contributed by atoms with Crippen LogP contribution in [0.2, 0.25) is 0 Å². The van der Waals surface area contributed by atoms with E-state index in [9.17, 15) is 4.79 Å². The number of nitrogens with two attached hydrogens (primary N) is 1. The van der Waals surface area contributed by atoms with Gasteiger partial charge >= 0.3 is 5.97 Å². The minimum absolute atomic E-state index is 0.0875. The van der Waals surface area contributed by atoms with Crippen LogP contribution in [0.1, 0.15) is 37.0 Å². The lowest BCUT2D eigenvalue weighted by atomic mass is 10.2. The first kappa shape index (κ1) is 13.6. The summed E-state index contributed by atoms with van der Waals surface area (Å²) in [5, 5.41) is 16.2. The van der Waals surface area contributed by atoms with Gasteiger partial charge in [0.15, 0.2) is 5.69 Å². The average Bonchev–Trinajstić information content (AvgIpc) is 2.58. The van der Waals surface area contributed by atoms with Crippen molar-refractivity contribution in [1.82, 2.24) is 15.0 Å². The highest BCUT2D eigenvalue weighted by Gasteiger charge is 2.18. The van der Waals surface area contributed by atoms with E-state index >= 15 is 0 Å². The molecule has 0 aliphatic rings. The summed E-state index contributed by atoms with van der Waals surface area (Å²) >= 11 is 0. The van der Waals surface area contributed by atoms with Crippen LogP contribution in [0.4, 0.5) is 0 Å². The van der Waals surface area contributed by atoms with Crippen molar-refractivity contribution >= 4 is 5.97 Å². The highest BCUT2D eigenvalue weighted by molar-refractivity contribution is 5.86. The Morgan fingerprint density at radius 1 is 1.53 bits per heavy atom. The maximum atomic E-state index is 10.8. The number of carboxylic acid groups (broad SMARTS) is 1. The number of rotatable bonds is 5. The van der Waals surface area contributed by atoms with E-state index in [0.717, 1.165) is 0 Å². The summed E-state index contributed by atoms with van der Waals surface area (Å²) < 4.78 is 6.99. The molecule has 1 rings (SSSR count). The minimum atomic E-state index is -1.12. The Labute approximate surface area is 99.6 Å². The SMILES string of the molecule is CC(C)(C)OCCn1nnc(C(=O)O)c1CN. The summed E-state index contributed by atoms with van der Waals surface area (Å²) in [6.45, 7) is 6.79. The molecule has 7 nitrogen and oxygen atoms in total. The number of nitrogens with zero attached hydrogens (tertiary/aromatic N) is 3. The van der Waals surface area contributed by atoms with Gasteiger partial charge in [-0.3, -0.25) is 0 Å². The predicted octanol–water partition coefficient (Wildman–Crippen LogP) is 0.250. The highest BCUT2D eigenvalue weighted by Crippen LogP contribution is 2.08. The number of aromatic carboxylic acids is 1. The zero-order valence-electron chi connectivity index (χ0n) is 10.3. The van der Waals surface area contributed by atoms with Gasteiger partial charge in [-0.25, -0.2) is 9.48 Å². The lowest BCUT2D eigenvalue weighted by Gasteiger charge is -2.19. The molecule has 0 saturated heterocycles. The molecule has 7 heteroatoms. The van der Waals surface area contributed by atoms with Gasteiger partial charge in [-0.1, -0.05) is 5.21 Å². The van der Waals surface area contributed by atoms with Gasteiger partial charge in [0.2, 0.25) is 0 Å². The van der Waals surface area contributed by atoms with Crippen molar-refractivity contribution in [3.63, 3.8) is 0 Å². The molecule has 0 amide bonds. The monoisotopic (exact) mass is 242 g/mol. The first-order chi connectivity index (χ1) is 7.85. The Morgan fingerprint density at radius 2 is 2.18 bits per heavy atom. The van der Waals surface area contributed by atoms with Gasteiger partial charge in [-0.05, 0) is 20.8 Å². The van der Waals surface area contributed by atoms with E-state index in [4.69, 9.17) is 15.6 Å². The van der Waals surface area contributed by atoms with E-state index in [1.54, 1.807) is 0 Å². The van der Waals surface area contributed by atoms with Gasteiger partial charge < -0.3 is 15.6 Å². The average molecular weight is 242 g/mol. The number of hydrogen-bond acceptors (Lipinski definition) is 5. The van der Waals surface area contributed by atoms with Crippen molar-refractivity contribution in [1.29, 1.82) is 0 Å². The molecule has 17 heavy (non-hydrogen) atoms. The fourth-order valence-corrected chi connectivity index (χ4v) is 1.32. The Kier molecular flexibility index (Phi) is 4.19. The number of aromatic nitrogens is 3. The summed E-state index contributed by atoms with van der Waals surface area (Å²) in [6.07, 6.45) is 0. The molecule has 3 N–H and O–H groups in total. The fourth-order valence-electron chi connectivity index (χ4n) is 1.32. The van der Waals surface area contributed by atoms with Gasteiger partial charge in [0, 0.05) is 6.54 Å². The Balaban J connectivity index is 2.69. The van der Waals surface area contributed by atoms with Gasteiger partial charge in [-0.2, -0.15) is 0 Å². The second kappa shape index (κ2) is 5.24. The summed E-state index contributed by atoms with van der Waals surface area (Å²) in [4.78, 5) is 10.8. The molecule has 1 aromatic heterocycles. The molecule has 0 bridgehead atoms. The van der Waals surface area contributed by atoms with Crippen molar-refractivity contribution in [3.05, 3.63) is 11.4 Å². The summed E-state index contributed by atoms with van der Waals surface area (Å²) in [6, 6.07) is 0. The molecule has 0 unspecified atom stereocenters. The van der Waals surface area contributed by atoms with Crippen LogP contribution < -0.4 is 5.73 Å². The Morgan fingerprint density at radius 3 is 2.65 bits per heavy atom. The standard InChI is InChI=1S/C10H18N4O3/c1-10(2,3)17-5-4-14-7(6-11)8(9(15)16)12-13-14/h4-6,11H2,1-3H3,(H,15,16). The number of carbonyl (C=O) groups is 1. The number of ether oxygens (including phenoxy) is 1. The topological polar surface area (TPSA) is 103 Å². The lowest BCUT2D eigenvalue weighted by molar-refractivity contribution is -0.00832. The third-order valence-corrected chi connectivity index (χ3v) is 2.07. The zero-order valence-corrected chi connectivity index (χ0v) is 10.3. The van der Waals surface area contributed by atoms with Crippen LogP contribution in [-0.4, -0.2) is 38.3 Å².